The molecule has 1 aromatic heterocycles. The number of nitrogens with one attached hydrogen (secondary N) is 3. The summed E-state index contributed by atoms with van der Waals surface area (Å²) in [5.41, 5.74) is 4.26. The highest BCUT2D eigenvalue weighted by molar-refractivity contribution is 6.04. The number of piperidine rings is 1. The van der Waals surface area contributed by atoms with Crippen molar-refractivity contribution in [3.05, 3.63) is 65.9 Å². The summed E-state index contributed by atoms with van der Waals surface area (Å²) in [5, 5.41) is 7.59. The first-order valence-corrected chi connectivity index (χ1v) is 11.2. The van der Waals surface area contributed by atoms with Crippen LogP contribution in [0.15, 0.2) is 54.7 Å². The third kappa shape index (κ3) is 3.83. The minimum Gasteiger partial charge on any atom is -0.361 e. The molecule has 5 rings (SSSR count). The number of carbonyl (C=O) groups is 2. The predicted molar refractivity (Wildman–Crippen MR) is 122 cm³/mol. The zero-order valence-corrected chi connectivity index (χ0v) is 17.6. The van der Waals surface area contributed by atoms with E-state index in [1.165, 1.54) is 10.9 Å². The Labute approximate surface area is 182 Å². The molecule has 6 heteroatoms. The Bertz CT molecular complexity index is 1100. The number of fused-ring (bicyclic) bond motifs is 2. The number of hydrogen-bond donors (Lipinski definition) is 3. The average Bonchev–Trinajstić information content (AvgIpc) is 3.41. The number of hydrogen-bond acceptors (Lipinski definition) is 3. The lowest BCUT2D eigenvalue weighted by Gasteiger charge is -2.31. The van der Waals surface area contributed by atoms with Crippen LogP contribution in [0, 0.1) is 5.92 Å². The maximum Gasteiger partial charge on any atom is 0.243 e. The van der Waals surface area contributed by atoms with Gasteiger partial charge in [0.15, 0.2) is 0 Å². The van der Waals surface area contributed by atoms with Crippen molar-refractivity contribution in [2.75, 3.05) is 24.5 Å². The molecule has 2 aromatic carbocycles. The van der Waals surface area contributed by atoms with E-state index < -0.39 is 6.04 Å². The van der Waals surface area contributed by atoms with Crippen molar-refractivity contribution in [2.45, 2.75) is 31.7 Å². The number of amides is 2. The number of rotatable bonds is 5. The van der Waals surface area contributed by atoms with Crippen LogP contribution in [0.25, 0.3) is 10.9 Å². The number of para-hydroxylation sites is 2. The molecule has 0 bridgehead atoms. The van der Waals surface area contributed by atoms with Gasteiger partial charge in [-0.25, -0.2) is 0 Å². The molecule has 0 radical (unpaired) electrons. The summed E-state index contributed by atoms with van der Waals surface area (Å²) in [6.45, 7) is 2.25. The van der Waals surface area contributed by atoms with Crippen molar-refractivity contribution < 1.29 is 9.59 Å². The van der Waals surface area contributed by atoms with Crippen molar-refractivity contribution in [1.82, 2.24) is 15.6 Å². The summed E-state index contributed by atoms with van der Waals surface area (Å²) in [6, 6.07) is 15.6. The molecule has 2 aliphatic rings. The fourth-order valence-corrected chi connectivity index (χ4v) is 4.91. The highest BCUT2D eigenvalue weighted by Crippen LogP contribution is 2.34. The van der Waals surface area contributed by atoms with Gasteiger partial charge in [0, 0.05) is 41.7 Å². The van der Waals surface area contributed by atoms with Crippen molar-refractivity contribution in [3.8, 4) is 0 Å². The Balaban J connectivity index is 1.29. The van der Waals surface area contributed by atoms with Gasteiger partial charge in [0.25, 0.3) is 0 Å². The highest BCUT2D eigenvalue weighted by Gasteiger charge is 2.40. The van der Waals surface area contributed by atoms with Crippen LogP contribution >= 0.6 is 0 Å². The van der Waals surface area contributed by atoms with Gasteiger partial charge in [-0.15, -0.1) is 0 Å². The number of benzene rings is 2. The maximum absolute atomic E-state index is 13.4. The van der Waals surface area contributed by atoms with Crippen LogP contribution in [0.5, 0.6) is 0 Å². The lowest BCUT2D eigenvalue weighted by molar-refractivity contribution is -0.128. The first-order valence-electron chi connectivity index (χ1n) is 11.2. The SMILES string of the molecule is O=C(NCCc1c[nH]c2ccccc12)[C@@H]1Cc2ccccc2N1C(=O)C1CCNCC1. The lowest BCUT2D eigenvalue weighted by Crippen LogP contribution is -2.51. The van der Waals surface area contributed by atoms with Crippen LogP contribution in [-0.2, 0) is 22.4 Å². The van der Waals surface area contributed by atoms with Gasteiger partial charge >= 0.3 is 0 Å². The molecule has 1 atom stereocenters. The van der Waals surface area contributed by atoms with E-state index in [9.17, 15) is 9.59 Å². The summed E-state index contributed by atoms with van der Waals surface area (Å²) < 4.78 is 0. The number of aromatic amines is 1. The van der Waals surface area contributed by atoms with Gasteiger partial charge in [-0.2, -0.15) is 0 Å². The molecule has 3 N–H and O–H groups in total. The fourth-order valence-electron chi connectivity index (χ4n) is 4.91. The normalized spacial score (nSPS) is 18.8. The molecule has 6 nitrogen and oxygen atoms in total. The molecule has 2 aliphatic heterocycles. The van der Waals surface area contributed by atoms with E-state index in [1.54, 1.807) is 4.90 Å². The van der Waals surface area contributed by atoms with Gasteiger partial charge in [-0.3, -0.25) is 14.5 Å². The second-order valence-corrected chi connectivity index (χ2v) is 8.48. The second kappa shape index (κ2) is 8.55. The zero-order chi connectivity index (χ0) is 21.2. The molecule has 1 fully saturated rings. The largest absolute Gasteiger partial charge is 0.361 e. The van der Waals surface area contributed by atoms with Gasteiger partial charge in [0.2, 0.25) is 11.8 Å². The minimum atomic E-state index is -0.470. The summed E-state index contributed by atoms with van der Waals surface area (Å²) in [6.07, 6.45) is 4.98. The first kappa shape index (κ1) is 19.8. The Morgan fingerprint density at radius 2 is 1.81 bits per heavy atom. The van der Waals surface area contributed by atoms with Crippen LogP contribution < -0.4 is 15.5 Å². The van der Waals surface area contributed by atoms with Crippen molar-refractivity contribution in [3.63, 3.8) is 0 Å². The zero-order valence-electron chi connectivity index (χ0n) is 17.6. The van der Waals surface area contributed by atoms with Gasteiger partial charge in [-0.05, 0) is 55.6 Å². The third-order valence-electron chi connectivity index (χ3n) is 6.57. The Kier molecular flexibility index (Phi) is 5.47. The molecule has 0 unspecified atom stereocenters. The Morgan fingerprint density at radius 3 is 2.68 bits per heavy atom. The smallest absolute Gasteiger partial charge is 0.243 e. The molecule has 3 aromatic rings. The van der Waals surface area contributed by atoms with E-state index in [4.69, 9.17) is 0 Å². The van der Waals surface area contributed by atoms with Gasteiger partial charge < -0.3 is 15.6 Å². The molecule has 0 saturated carbocycles. The van der Waals surface area contributed by atoms with Gasteiger partial charge in [0.05, 0.1) is 0 Å². The van der Waals surface area contributed by atoms with E-state index in [-0.39, 0.29) is 17.7 Å². The van der Waals surface area contributed by atoms with Crippen LogP contribution in [-0.4, -0.2) is 42.5 Å². The van der Waals surface area contributed by atoms with E-state index >= 15 is 0 Å². The van der Waals surface area contributed by atoms with E-state index in [0.717, 1.165) is 49.1 Å². The van der Waals surface area contributed by atoms with E-state index in [0.29, 0.717) is 13.0 Å². The van der Waals surface area contributed by atoms with Crippen molar-refractivity contribution in [2.24, 2.45) is 5.92 Å². The molecular formula is C25H28N4O2. The van der Waals surface area contributed by atoms with Crippen LogP contribution in [0.4, 0.5) is 5.69 Å². The average molecular weight is 417 g/mol. The lowest BCUT2D eigenvalue weighted by atomic mass is 9.96. The van der Waals surface area contributed by atoms with Gasteiger partial charge in [-0.1, -0.05) is 36.4 Å². The van der Waals surface area contributed by atoms with Crippen LogP contribution in [0.2, 0.25) is 0 Å². The first-order chi connectivity index (χ1) is 15.2. The molecule has 0 spiro atoms. The molecule has 1 saturated heterocycles. The predicted octanol–water partition coefficient (Wildman–Crippen LogP) is 2.78. The summed E-state index contributed by atoms with van der Waals surface area (Å²) in [5.74, 6) is -0.00418. The quantitative estimate of drug-likeness (QED) is 0.599. The van der Waals surface area contributed by atoms with Crippen molar-refractivity contribution >= 4 is 28.4 Å². The summed E-state index contributed by atoms with van der Waals surface area (Å²) >= 11 is 0. The molecule has 160 valence electrons. The second-order valence-electron chi connectivity index (χ2n) is 8.48. The van der Waals surface area contributed by atoms with Gasteiger partial charge in [0.1, 0.15) is 6.04 Å². The highest BCUT2D eigenvalue weighted by atomic mass is 16.2. The molecular weight excluding hydrogens is 388 g/mol. The van der Waals surface area contributed by atoms with E-state index in [2.05, 4.69) is 27.8 Å². The molecule has 31 heavy (non-hydrogen) atoms. The topological polar surface area (TPSA) is 77.2 Å². The standard InChI is InChI=1S/C25H28N4O2/c30-24(27-14-11-19-16-28-21-7-3-2-6-20(19)21)23-15-18-5-1-4-8-22(18)29(23)25(31)17-9-12-26-13-10-17/h1-8,16-17,23,26,28H,9-15H2,(H,27,30)/t23-/m0/s1. The third-order valence-corrected chi connectivity index (χ3v) is 6.57. The fraction of sp³-hybridized carbons (Fsp3) is 0.360. The summed E-state index contributed by atoms with van der Waals surface area (Å²) in [4.78, 5) is 31.6. The van der Waals surface area contributed by atoms with Crippen LogP contribution in [0.1, 0.15) is 24.0 Å². The maximum atomic E-state index is 13.4. The number of aromatic nitrogens is 1. The number of carbonyl (C=O) groups excluding carboxylic acids is 2. The number of nitrogens with zero attached hydrogens (tertiary/aromatic N) is 1. The monoisotopic (exact) mass is 416 g/mol. The summed E-state index contributed by atoms with van der Waals surface area (Å²) in [7, 11) is 0. The number of H-pyrrole nitrogens is 1. The van der Waals surface area contributed by atoms with E-state index in [1.807, 2.05) is 42.6 Å². The molecule has 0 aliphatic carbocycles. The van der Waals surface area contributed by atoms with Crippen molar-refractivity contribution in [1.29, 1.82) is 0 Å². The molecule has 3 heterocycles. The number of anilines is 1. The minimum absolute atomic E-state index is 0.0195. The van der Waals surface area contributed by atoms with Crippen LogP contribution in [0.3, 0.4) is 0 Å². The molecule has 2 amide bonds. The Hall–Kier alpha value is -3.12. The Morgan fingerprint density at radius 1 is 1.03 bits per heavy atom.